The van der Waals surface area contributed by atoms with Gasteiger partial charge in [-0.05, 0) is 89.1 Å². The molecular weight excluding hydrogens is 647 g/mol. The van der Waals surface area contributed by atoms with Crippen LogP contribution in [0.3, 0.4) is 0 Å². The summed E-state index contributed by atoms with van der Waals surface area (Å²) in [5.74, 6) is 0.795. The standard InChI is InChI=1S/C32H40BrN4O6P/c1-31(2,3)42-44(39,43-32(4,5)6)41-22-37-28(18-25-10-8-13-34-30(25)37)36-15-16-40-21-27(36)24-12-14-35(29(38)19-24)20-23-9-7-11-26(33)17-23/h7-14,17-19,27H,15-16,20-22H2,1-6H3. The number of phosphoric ester groups is 1. The summed E-state index contributed by atoms with van der Waals surface area (Å²) in [6.07, 6.45) is 3.54. The second kappa shape index (κ2) is 12.9. The first-order chi connectivity index (χ1) is 20.7. The lowest BCUT2D eigenvalue weighted by molar-refractivity contribution is -0.00568. The van der Waals surface area contributed by atoms with Crippen molar-refractivity contribution >= 4 is 40.6 Å². The van der Waals surface area contributed by atoms with E-state index >= 15 is 0 Å². The molecular formula is C32H40BrN4O6P. The molecule has 1 saturated heterocycles. The third-order valence-electron chi connectivity index (χ3n) is 6.82. The number of hydrogen-bond acceptors (Lipinski definition) is 8. The van der Waals surface area contributed by atoms with Gasteiger partial charge < -0.3 is 14.2 Å². The van der Waals surface area contributed by atoms with E-state index in [2.05, 4.69) is 25.8 Å². The fraction of sp³-hybridized carbons (Fsp3) is 0.438. The second-order valence-electron chi connectivity index (χ2n) is 12.8. The van der Waals surface area contributed by atoms with Crippen LogP contribution in [0.5, 0.6) is 0 Å². The Morgan fingerprint density at radius 1 is 1.02 bits per heavy atom. The van der Waals surface area contributed by atoms with Crippen LogP contribution in [0.4, 0.5) is 5.82 Å². The lowest BCUT2D eigenvalue weighted by Crippen LogP contribution is -2.41. The molecule has 5 rings (SSSR count). The van der Waals surface area contributed by atoms with E-state index in [0.29, 0.717) is 32.0 Å². The van der Waals surface area contributed by atoms with E-state index in [-0.39, 0.29) is 18.3 Å². The number of ether oxygens (including phenoxy) is 1. The fourth-order valence-corrected chi connectivity index (χ4v) is 7.34. The lowest BCUT2D eigenvalue weighted by atomic mass is 10.1. The molecule has 0 radical (unpaired) electrons. The Hall–Kier alpha value is -2.79. The van der Waals surface area contributed by atoms with E-state index in [0.717, 1.165) is 26.8 Å². The number of anilines is 1. The Balaban J connectivity index is 1.47. The second-order valence-corrected chi connectivity index (χ2v) is 15.2. The number of benzene rings is 1. The first-order valence-corrected chi connectivity index (χ1v) is 16.8. The third-order valence-corrected chi connectivity index (χ3v) is 9.29. The molecule has 3 aromatic heterocycles. The van der Waals surface area contributed by atoms with Crippen molar-refractivity contribution in [3.63, 3.8) is 0 Å². The van der Waals surface area contributed by atoms with Gasteiger partial charge in [-0.25, -0.2) is 9.55 Å². The van der Waals surface area contributed by atoms with Gasteiger partial charge in [-0.3, -0.25) is 22.9 Å². The number of pyridine rings is 2. The maximum Gasteiger partial charge on any atom is 0.477 e. The van der Waals surface area contributed by atoms with Crippen LogP contribution in [0.15, 0.2) is 76.3 Å². The van der Waals surface area contributed by atoms with Crippen molar-refractivity contribution in [2.75, 3.05) is 24.7 Å². The Morgan fingerprint density at radius 3 is 2.45 bits per heavy atom. The highest BCUT2D eigenvalue weighted by Gasteiger charge is 2.38. The van der Waals surface area contributed by atoms with Crippen LogP contribution in [0.2, 0.25) is 0 Å². The number of rotatable bonds is 9. The minimum Gasteiger partial charge on any atom is -0.377 e. The van der Waals surface area contributed by atoms with Crippen molar-refractivity contribution in [1.29, 1.82) is 0 Å². The van der Waals surface area contributed by atoms with Crippen LogP contribution in [-0.4, -0.2) is 45.1 Å². The van der Waals surface area contributed by atoms with E-state index < -0.39 is 19.0 Å². The monoisotopic (exact) mass is 686 g/mol. The van der Waals surface area contributed by atoms with Gasteiger partial charge in [0.1, 0.15) is 18.2 Å². The number of aromatic nitrogens is 3. The number of halogens is 1. The maximum atomic E-state index is 13.9. The smallest absolute Gasteiger partial charge is 0.377 e. The summed E-state index contributed by atoms with van der Waals surface area (Å²) in [4.78, 5) is 20.1. The molecule has 236 valence electrons. The quantitative estimate of drug-likeness (QED) is 0.169. The van der Waals surface area contributed by atoms with Crippen LogP contribution in [0.25, 0.3) is 11.0 Å². The topological polar surface area (TPSA) is 97.1 Å². The molecule has 0 spiro atoms. The summed E-state index contributed by atoms with van der Waals surface area (Å²) in [5.41, 5.74) is 0.884. The molecule has 44 heavy (non-hydrogen) atoms. The predicted molar refractivity (Wildman–Crippen MR) is 175 cm³/mol. The Bertz CT molecular complexity index is 1700. The zero-order chi connectivity index (χ0) is 31.7. The Kier molecular flexibility index (Phi) is 9.56. The molecule has 0 amide bonds. The fourth-order valence-electron chi connectivity index (χ4n) is 5.16. The van der Waals surface area contributed by atoms with Crippen molar-refractivity contribution in [2.24, 2.45) is 0 Å². The largest absolute Gasteiger partial charge is 0.477 e. The molecule has 4 aromatic rings. The van der Waals surface area contributed by atoms with Crippen LogP contribution in [-0.2, 0) is 36.1 Å². The van der Waals surface area contributed by atoms with E-state index in [1.54, 1.807) is 58.4 Å². The molecule has 1 aliphatic heterocycles. The van der Waals surface area contributed by atoms with E-state index in [1.165, 1.54) is 0 Å². The average Bonchev–Trinajstić information content (AvgIpc) is 3.29. The van der Waals surface area contributed by atoms with Gasteiger partial charge in [-0.15, -0.1) is 0 Å². The van der Waals surface area contributed by atoms with Crippen LogP contribution in [0.1, 0.15) is 58.7 Å². The minimum atomic E-state index is -4.00. The van der Waals surface area contributed by atoms with E-state index in [4.69, 9.17) is 18.3 Å². The molecule has 0 N–H and O–H groups in total. The van der Waals surface area contributed by atoms with Gasteiger partial charge in [0.25, 0.3) is 5.56 Å². The summed E-state index contributed by atoms with van der Waals surface area (Å²) < 4.78 is 42.1. The van der Waals surface area contributed by atoms with Gasteiger partial charge in [0, 0.05) is 34.9 Å². The molecule has 1 atom stereocenters. The SMILES string of the molecule is CC(C)(C)OP(=O)(OCn1c(N2CCOCC2c2ccn(Cc3cccc(Br)c3)c(=O)c2)cc2cccnc21)OC(C)(C)C. The summed E-state index contributed by atoms with van der Waals surface area (Å²) in [7, 11) is -4.00. The van der Waals surface area contributed by atoms with Gasteiger partial charge in [-0.2, -0.15) is 0 Å². The molecule has 1 unspecified atom stereocenters. The highest BCUT2D eigenvalue weighted by molar-refractivity contribution is 9.10. The van der Waals surface area contributed by atoms with Crippen molar-refractivity contribution in [2.45, 2.75) is 72.1 Å². The minimum absolute atomic E-state index is 0.0989. The first-order valence-electron chi connectivity index (χ1n) is 14.6. The number of fused-ring (bicyclic) bond motifs is 1. The summed E-state index contributed by atoms with van der Waals surface area (Å²) in [5, 5.41) is 0.893. The molecule has 1 fully saturated rings. The molecule has 0 saturated carbocycles. The molecule has 1 aliphatic rings. The maximum absolute atomic E-state index is 13.9. The van der Waals surface area contributed by atoms with Crippen LogP contribution in [0, 0.1) is 0 Å². The molecule has 0 bridgehead atoms. The number of phosphoric acid groups is 1. The predicted octanol–water partition coefficient (Wildman–Crippen LogP) is 7.30. The number of hydrogen-bond donors (Lipinski definition) is 0. The van der Waals surface area contributed by atoms with Crippen molar-refractivity contribution in [3.05, 3.63) is 92.9 Å². The molecule has 4 heterocycles. The number of morpholine rings is 1. The van der Waals surface area contributed by atoms with Crippen molar-refractivity contribution < 1.29 is 22.9 Å². The van der Waals surface area contributed by atoms with E-state index in [1.807, 2.05) is 59.3 Å². The summed E-state index contributed by atoms with van der Waals surface area (Å²) in [6, 6.07) is 17.2. The van der Waals surface area contributed by atoms with Crippen LogP contribution < -0.4 is 10.5 Å². The zero-order valence-corrected chi connectivity index (χ0v) is 28.5. The van der Waals surface area contributed by atoms with Gasteiger partial charge in [0.05, 0.1) is 37.0 Å². The summed E-state index contributed by atoms with van der Waals surface area (Å²) >= 11 is 3.50. The highest BCUT2D eigenvalue weighted by atomic mass is 79.9. The van der Waals surface area contributed by atoms with Gasteiger partial charge >= 0.3 is 7.82 Å². The van der Waals surface area contributed by atoms with Gasteiger partial charge in [0.15, 0.2) is 0 Å². The van der Waals surface area contributed by atoms with Gasteiger partial charge in [0.2, 0.25) is 0 Å². The normalized spacial score (nSPS) is 16.5. The van der Waals surface area contributed by atoms with E-state index in [9.17, 15) is 9.36 Å². The number of nitrogens with zero attached hydrogens (tertiary/aromatic N) is 4. The average molecular weight is 688 g/mol. The summed E-state index contributed by atoms with van der Waals surface area (Å²) in [6.45, 7) is 12.6. The highest BCUT2D eigenvalue weighted by Crippen LogP contribution is 2.56. The van der Waals surface area contributed by atoms with Gasteiger partial charge in [-0.1, -0.05) is 28.1 Å². The van der Waals surface area contributed by atoms with Crippen LogP contribution >= 0.6 is 23.8 Å². The van der Waals surface area contributed by atoms with Crippen molar-refractivity contribution in [3.8, 4) is 0 Å². The molecule has 10 nitrogen and oxygen atoms in total. The van der Waals surface area contributed by atoms with Crippen molar-refractivity contribution in [1.82, 2.24) is 14.1 Å². The molecule has 12 heteroatoms. The lowest BCUT2D eigenvalue weighted by Gasteiger charge is -2.38. The Morgan fingerprint density at radius 2 is 1.77 bits per heavy atom. The zero-order valence-electron chi connectivity index (χ0n) is 26.0. The first kappa shape index (κ1) is 32.6. The molecule has 0 aliphatic carbocycles. The molecule has 1 aromatic carbocycles. The Labute approximate surface area is 266 Å². The third kappa shape index (κ3) is 8.07.